The number of likely N-dealkylation sites (tertiary alicyclic amines) is 1. The van der Waals surface area contributed by atoms with E-state index in [4.69, 9.17) is 9.47 Å². The SMILES string of the molecule is C=CCNC(=O)N[C@H]1CC[C@@]2(c3ccc4c(c3)OCO4)CCN(Cc3ccccc3)[C@@H]2C1. The highest BCUT2D eigenvalue weighted by Crippen LogP contribution is 2.51. The minimum Gasteiger partial charge on any atom is -0.454 e. The van der Waals surface area contributed by atoms with E-state index >= 15 is 0 Å². The van der Waals surface area contributed by atoms with Gasteiger partial charge in [0.2, 0.25) is 6.79 Å². The van der Waals surface area contributed by atoms with Crippen LogP contribution in [-0.2, 0) is 12.0 Å². The molecule has 0 radical (unpaired) electrons. The van der Waals surface area contributed by atoms with Gasteiger partial charge < -0.3 is 20.1 Å². The van der Waals surface area contributed by atoms with Gasteiger partial charge in [0.1, 0.15) is 0 Å². The Morgan fingerprint density at radius 1 is 1.16 bits per heavy atom. The molecule has 1 saturated heterocycles. The van der Waals surface area contributed by atoms with Gasteiger partial charge in [0.05, 0.1) is 0 Å². The monoisotopic (exact) mass is 433 g/mol. The largest absolute Gasteiger partial charge is 0.454 e. The van der Waals surface area contributed by atoms with E-state index in [-0.39, 0.29) is 17.5 Å². The summed E-state index contributed by atoms with van der Waals surface area (Å²) in [5.41, 5.74) is 2.72. The summed E-state index contributed by atoms with van der Waals surface area (Å²) in [6, 6.07) is 17.5. The van der Waals surface area contributed by atoms with Gasteiger partial charge in [-0.3, -0.25) is 4.90 Å². The summed E-state index contributed by atoms with van der Waals surface area (Å²) in [7, 11) is 0. The van der Waals surface area contributed by atoms with Crippen LogP contribution in [0.2, 0.25) is 0 Å². The number of carbonyl (C=O) groups excluding carboxylic acids is 1. The molecule has 0 spiro atoms. The fraction of sp³-hybridized carbons (Fsp3) is 0.423. The van der Waals surface area contributed by atoms with Crippen molar-refractivity contribution in [3.05, 3.63) is 72.3 Å². The zero-order valence-corrected chi connectivity index (χ0v) is 18.4. The second-order valence-corrected chi connectivity index (χ2v) is 9.06. The molecule has 3 aliphatic rings. The number of fused-ring (bicyclic) bond motifs is 2. The number of urea groups is 1. The number of benzene rings is 2. The number of amides is 2. The number of hydrogen-bond donors (Lipinski definition) is 2. The van der Waals surface area contributed by atoms with Crippen molar-refractivity contribution in [2.75, 3.05) is 19.9 Å². The maximum absolute atomic E-state index is 12.3. The molecular weight excluding hydrogens is 402 g/mol. The molecule has 6 heteroatoms. The Bertz CT molecular complexity index is 980. The number of rotatable bonds is 6. The summed E-state index contributed by atoms with van der Waals surface area (Å²) in [4.78, 5) is 14.9. The van der Waals surface area contributed by atoms with E-state index in [0.717, 1.165) is 50.3 Å². The molecule has 32 heavy (non-hydrogen) atoms. The minimum absolute atomic E-state index is 0.0610. The van der Waals surface area contributed by atoms with E-state index in [1.54, 1.807) is 6.08 Å². The number of ether oxygens (including phenoxy) is 2. The van der Waals surface area contributed by atoms with E-state index in [1.165, 1.54) is 11.1 Å². The maximum atomic E-state index is 12.3. The predicted molar refractivity (Wildman–Crippen MR) is 124 cm³/mol. The van der Waals surface area contributed by atoms with Crippen LogP contribution in [0.25, 0.3) is 0 Å². The average Bonchev–Trinajstić information content (AvgIpc) is 3.43. The van der Waals surface area contributed by atoms with Crippen molar-refractivity contribution in [3.63, 3.8) is 0 Å². The number of nitrogens with one attached hydrogen (secondary N) is 2. The van der Waals surface area contributed by atoms with Crippen molar-refractivity contribution in [2.45, 2.75) is 49.7 Å². The molecule has 1 saturated carbocycles. The molecular formula is C26H31N3O3. The number of nitrogens with zero attached hydrogens (tertiary/aromatic N) is 1. The summed E-state index contributed by atoms with van der Waals surface area (Å²) in [6.07, 6.45) is 5.74. The summed E-state index contributed by atoms with van der Waals surface area (Å²) in [5, 5.41) is 6.04. The van der Waals surface area contributed by atoms with Crippen molar-refractivity contribution in [1.82, 2.24) is 15.5 Å². The van der Waals surface area contributed by atoms with E-state index < -0.39 is 0 Å². The van der Waals surface area contributed by atoms with Crippen LogP contribution < -0.4 is 20.1 Å². The second kappa shape index (κ2) is 8.87. The van der Waals surface area contributed by atoms with Crippen molar-refractivity contribution in [1.29, 1.82) is 0 Å². The lowest BCUT2D eigenvalue weighted by atomic mass is 9.65. The lowest BCUT2D eigenvalue weighted by Gasteiger charge is -2.45. The lowest BCUT2D eigenvalue weighted by molar-refractivity contribution is 0.130. The standard InChI is InChI=1S/C26H31N3O3/c1-2-13-27-25(30)28-21-10-11-26(20-8-9-22-23(15-20)32-18-31-22)12-14-29(24(26)16-21)17-19-6-4-3-5-7-19/h2-9,15,21,24H,1,10-14,16-18H2,(H2,27,28,30)/t21-,24+,26-/m0/s1. The highest BCUT2D eigenvalue weighted by atomic mass is 16.7. The quantitative estimate of drug-likeness (QED) is 0.677. The molecule has 2 fully saturated rings. The van der Waals surface area contributed by atoms with Gasteiger partial charge in [0.25, 0.3) is 0 Å². The maximum Gasteiger partial charge on any atom is 0.315 e. The lowest BCUT2D eigenvalue weighted by Crippen LogP contribution is -2.53. The van der Waals surface area contributed by atoms with E-state index in [1.807, 2.05) is 0 Å². The van der Waals surface area contributed by atoms with E-state index in [9.17, 15) is 4.79 Å². The fourth-order valence-electron chi connectivity index (χ4n) is 5.73. The van der Waals surface area contributed by atoms with Crippen LogP contribution in [0.5, 0.6) is 11.5 Å². The Balaban J connectivity index is 1.40. The van der Waals surface area contributed by atoms with Crippen molar-refractivity contribution in [2.24, 2.45) is 0 Å². The first-order valence-corrected chi connectivity index (χ1v) is 11.5. The third-order valence-electron chi connectivity index (χ3n) is 7.29. The minimum atomic E-state index is -0.113. The molecule has 3 atom stereocenters. The number of carbonyl (C=O) groups is 1. The molecule has 2 aromatic rings. The van der Waals surface area contributed by atoms with Gasteiger partial charge in [-0.05, 0) is 55.5 Å². The highest BCUT2D eigenvalue weighted by Gasteiger charge is 2.51. The smallest absolute Gasteiger partial charge is 0.315 e. The Morgan fingerprint density at radius 3 is 2.84 bits per heavy atom. The molecule has 2 aromatic carbocycles. The topological polar surface area (TPSA) is 62.8 Å². The average molecular weight is 434 g/mol. The molecule has 5 rings (SSSR count). The van der Waals surface area contributed by atoms with Crippen LogP contribution in [0.15, 0.2) is 61.2 Å². The first kappa shape index (κ1) is 20.9. The van der Waals surface area contributed by atoms with Gasteiger partial charge in [-0.2, -0.15) is 0 Å². The van der Waals surface area contributed by atoms with E-state index in [2.05, 4.69) is 70.6 Å². The molecule has 0 unspecified atom stereocenters. The molecule has 2 heterocycles. The molecule has 0 aromatic heterocycles. The van der Waals surface area contributed by atoms with Crippen molar-refractivity contribution < 1.29 is 14.3 Å². The fourth-order valence-corrected chi connectivity index (χ4v) is 5.73. The normalized spacial score (nSPS) is 26.4. The molecule has 1 aliphatic carbocycles. The van der Waals surface area contributed by atoms with Gasteiger partial charge in [-0.1, -0.05) is 42.5 Å². The zero-order valence-electron chi connectivity index (χ0n) is 18.4. The van der Waals surface area contributed by atoms with Gasteiger partial charge >= 0.3 is 6.03 Å². The Labute approximate surface area is 189 Å². The molecule has 2 aliphatic heterocycles. The summed E-state index contributed by atoms with van der Waals surface area (Å²) >= 11 is 0. The molecule has 2 amide bonds. The highest BCUT2D eigenvalue weighted by molar-refractivity contribution is 5.74. The number of hydrogen-bond acceptors (Lipinski definition) is 4. The Hall–Kier alpha value is -2.99. The summed E-state index contributed by atoms with van der Waals surface area (Å²) in [5.74, 6) is 1.68. The third-order valence-corrected chi connectivity index (χ3v) is 7.29. The van der Waals surface area contributed by atoms with Gasteiger partial charge in [-0.25, -0.2) is 4.79 Å². The summed E-state index contributed by atoms with van der Waals surface area (Å²) < 4.78 is 11.2. The van der Waals surface area contributed by atoms with E-state index in [0.29, 0.717) is 19.4 Å². The van der Waals surface area contributed by atoms with Crippen molar-refractivity contribution in [3.8, 4) is 11.5 Å². The summed E-state index contributed by atoms with van der Waals surface area (Å²) in [6.45, 7) is 6.41. The Morgan fingerprint density at radius 2 is 2.00 bits per heavy atom. The first-order valence-electron chi connectivity index (χ1n) is 11.5. The molecule has 0 bridgehead atoms. The van der Waals surface area contributed by atoms with Gasteiger partial charge in [0, 0.05) is 30.6 Å². The molecule has 2 N–H and O–H groups in total. The van der Waals surface area contributed by atoms with Gasteiger partial charge in [-0.15, -0.1) is 6.58 Å². The van der Waals surface area contributed by atoms with Crippen molar-refractivity contribution >= 4 is 6.03 Å². The predicted octanol–water partition coefficient (Wildman–Crippen LogP) is 3.97. The zero-order chi connectivity index (χ0) is 22.0. The van der Waals surface area contributed by atoms with Crippen LogP contribution in [0.1, 0.15) is 36.8 Å². The Kier molecular flexibility index (Phi) is 5.79. The van der Waals surface area contributed by atoms with Crippen LogP contribution in [-0.4, -0.2) is 42.9 Å². The van der Waals surface area contributed by atoms with Crippen LogP contribution in [0.3, 0.4) is 0 Å². The second-order valence-electron chi connectivity index (χ2n) is 9.06. The third kappa shape index (κ3) is 3.95. The first-order chi connectivity index (χ1) is 15.7. The molecule has 168 valence electrons. The molecule has 6 nitrogen and oxygen atoms in total. The van der Waals surface area contributed by atoms with Crippen LogP contribution in [0.4, 0.5) is 4.79 Å². The van der Waals surface area contributed by atoms with Crippen LogP contribution >= 0.6 is 0 Å². The van der Waals surface area contributed by atoms with Gasteiger partial charge in [0.15, 0.2) is 11.5 Å². The van der Waals surface area contributed by atoms with Crippen LogP contribution in [0, 0.1) is 0 Å².